The molecule has 28 heavy (non-hydrogen) atoms. The summed E-state index contributed by atoms with van der Waals surface area (Å²) in [6.07, 6.45) is 3.64. The Morgan fingerprint density at radius 1 is 1.14 bits per heavy atom. The van der Waals surface area contributed by atoms with Crippen LogP contribution in [0.3, 0.4) is 0 Å². The Bertz CT molecular complexity index is 864. The number of pyridine rings is 1. The largest absolute Gasteiger partial charge is 0.465 e. The van der Waals surface area contributed by atoms with Gasteiger partial charge in [-0.3, -0.25) is 9.59 Å². The van der Waals surface area contributed by atoms with Crippen molar-refractivity contribution >= 4 is 35.2 Å². The minimum atomic E-state index is -0.511. The number of ether oxygens (including phenoxy) is 1. The standard InChI is InChI=1S/C20H21N3O4S/c1-27-20(26)15-6-2-3-7-16(15)22-17(24)13-28-18-9-8-14(12-21-18)19(25)23-10-4-5-11-23/h2-3,6-9,12H,4-5,10-11,13H2,1H3,(H,22,24). The van der Waals surface area contributed by atoms with Gasteiger partial charge in [0.15, 0.2) is 0 Å². The maximum absolute atomic E-state index is 12.3. The van der Waals surface area contributed by atoms with E-state index in [1.54, 1.807) is 42.6 Å². The number of carbonyl (C=O) groups is 3. The molecule has 146 valence electrons. The average molecular weight is 399 g/mol. The lowest BCUT2D eigenvalue weighted by atomic mass is 10.2. The van der Waals surface area contributed by atoms with E-state index >= 15 is 0 Å². The van der Waals surface area contributed by atoms with Crippen molar-refractivity contribution in [2.75, 3.05) is 31.3 Å². The minimum absolute atomic E-state index is 0.00119. The molecule has 2 amide bonds. The van der Waals surface area contributed by atoms with Gasteiger partial charge in [-0.25, -0.2) is 9.78 Å². The van der Waals surface area contributed by atoms with Gasteiger partial charge in [0.05, 0.1) is 34.7 Å². The summed E-state index contributed by atoms with van der Waals surface area (Å²) in [6.45, 7) is 1.59. The van der Waals surface area contributed by atoms with Gasteiger partial charge < -0.3 is 15.0 Å². The highest BCUT2D eigenvalue weighted by Crippen LogP contribution is 2.20. The Morgan fingerprint density at radius 3 is 2.57 bits per heavy atom. The zero-order valence-electron chi connectivity index (χ0n) is 15.5. The summed E-state index contributed by atoms with van der Waals surface area (Å²) in [6, 6.07) is 10.1. The number of carbonyl (C=O) groups excluding carboxylic acids is 3. The van der Waals surface area contributed by atoms with Gasteiger partial charge in [-0.15, -0.1) is 0 Å². The van der Waals surface area contributed by atoms with Gasteiger partial charge in [0.25, 0.3) is 5.91 Å². The molecule has 1 aromatic heterocycles. The Morgan fingerprint density at radius 2 is 1.89 bits per heavy atom. The zero-order chi connectivity index (χ0) is 19.9. The number of nitrogens with one attached hydrogen (secondary N) is 1. The lowest BCUT2D eigenvalue weighted by molar-refractivity contribution is -0.113. The second-order valence-electron chi connectivity index (χ2n) is 6.26. The first-order valence-corrected chi connectivity index (χ1v) is 9.92. The van der Waals surface area contributed by atoms with Crippen molar-refractivity contribution < 1.29 is 19.1 Å². The fourth-order valence-corrected chi connectivity index (χ4v) is 3.54. The molecule has 1 aliphatic rings. The van der Waals surface area contributed by atoms with Gasteiger partial charge in [-0.1, -0.05) is 23.9 Å². The molecule has 0 aliphatic carbocycles. The van der Waals surface area contributed by atoms with Crippen molar-refractivity contribution in [3.05, 3.63) is 53.7 Å². The number of rotatable bonds is 6. The van der Waals surface area contributed by atoms with E-state index in [1.807, 2.05) is 4.90 Å². The minimum Gasteiger partial charge on any atom is -0.465 e. The van der Waals surface area contributed by atoms with Crippen molar-refractivity contribution in [1.29, 1.82) is 0 Å². The lowest BCUT2D eigenvalue weighted by Gasteiger charge is -2.14. The summed E-state index contributed by atoms with van der Waals surface area (Å²) in [4.78, 5) is 42.4. The highest BCUT2D eigenvalue weighted by Gasteiger charge is 2.19. The first kappa shape index (κ1) is 19.9. The number of methoxy groups -OCH3 is 1. The molecule has 8 heteroatoms. The third kappa shape index (κ3) is 4.89. The summed E-state index contributed by atoms with van der Waals surface area (Å²) in [7, 11) is 1.29. The molecule has 1 N–H and O–H groups in total. The van der Waals surface area contributed by atoms with Gasteiger partial charge >= 0.3 is 5.97 Å². The number of amides is 2. The summed E-state index contributed by atoms with van der Waals surface area (Å²) in [5.74, 6) is -0.648. The number of likely N-dealkylation sites (tertiary alicyclic amines) is 1. The number of nitrogens with zero attached hydrogens (tertiary/aromatic N) is 2. The number of aromatic nitrogens is 1. The van der Waals surface area contributed by atoms with Gasteiger partial charge in [-0.2, -0.15) is 0 Å². The lowest BCUT2D eigenvalue weighted by Crippen LogP contribution is -2.27. The molecule has 0 atom stereocenters. The predicted octanol–water partition coefficient (Wildman–Crippen LogP) is 2.84. The number of esters is 1. The van der Waals surface area contributed by atoms with Crippen LogP contribution in [-0.4, -0.2) is 53.6 Å². The molecule has 2 aromatic rings. The van der Waals surface area contributed by atoms with Crippen LogP contribution in [0, 0.1) is 0 Å². The van der Waals surface area contributed by atoms with Crippen LogP contribution in [0.2, 0.25) is 0 Å². The van der Waals surface area contributed by atoms with Crippen LogP contribution in [0.15, 0.2) is 47.6 Å². The molecule has 0 spiro atoms. The molecule has 0 saturated carbocycles. The third-order valence-corrected chi connectivity index (χ3v) is 5.28. The van der Waals surface area contributed by atoms with E-state index < -0.39 is 5.97 Å². The molecule has 7 nitrogen and oxygen atoms in total. The molecular weight excluding hydrogens is 378 g/mol. The number of hydrogen-bond acceptors (Lipinski definition) is 6. The molecular formula is C20H21N3O4S. The summed E-state index contributed by atoms with van der Waals surface area (Å²) in [5.41, 5.74) is 1.26. The van der Waals surface area contributed by atoms with Crippen LogP contribution < -0.4 is 5.32 Å². The van der Waals surface area contributed by atoms with Crippen LogP contribution in [0.4, 0.5) is 5.69 Å². The van der Waals surface area contributed by atoms with E-state index in [-0.39, 0.29) is 17.6 Å². The van der Waals surface area contributed by atoms with Crippen LogP contribution in [0.1, 0.15) is 33.6 Å². The first-order valence-electron chi connectivity index (χ1n) is 8.94. The van der Waals surface area contributed by atoms with Crippen LogP contribution in [-0.2, 0) is 9.53 Å². The van der Waals surface area contributed by atoms with E-state index in [2.05, 4.69) is 10.3 Å². The quantitative estimate of drug-likeness (QED) is 0.594. The fraction of sp³-hybridized carbons (Fsp3) is 0.300. The topological polar surface area (TPSA) is 88.6 Å². The Kier molecular flexibility index (Phi) is 6.65. The summed E-state index contributed by atoms with van der Waals surface area (Å²) >= 11 is 1.26. The van der Waals surface area contributed by atoms with Gasteiger partial charge in [-0.05, 0) is 37.1 Å². The Labute approximate surface area is 167 Å². The van der Waals surface area contributed by atoms with Gasteiger partial charge in [0.1, 0.15) is 0 Å². The molecule has 3 rings (SSSR count). The van der Waals surface area contributed by atoms with Gasteiger partial charge in [0, 0.05) is 19.3 Å². The number of anilines is 1. The van der Waals surface area contributed by atoms with Crippen LogP contribution >= 0.6 is 11.8 Å². The Hall–Kier alpha value is -2.87. The monoisotopic (exact) mass is 399 g/mol. The second-order valence-corrected chi connectivity index (χ2v) is 7.25. The molecule has 1 saturated heterocycles. The smallest absolute Gasteiger partial charge is 0.339 e. The maximum Gasteiger partial charge on any atom is 0.339 e. The zero-order valence-corrected chi connectivity index (χ0v) is 16.3. The van der Waals surface area contributed by atoms with Crippen molar-refractivity contribution in [3.63, 3.8) is 0 Å². The number of hydrogen-bond donors (Lipinski definition) is 1. The van der Waals surface area contributed by atoms with Gasteiger partial charge in [0.2, 0.25) is 5.91 Å². The molecule has 1 aromatic carbocycles. The second kappa shape index (κ2) is 9.36. The normalized spacial score (nSPS) is 13.2. The van der Waals surface area contributed by atoms with Crippen molar-refractivity contribution in [2.24, 2.45) is 0 Å². The number of benzene rings is 1. The fourth-order valence-electron chi connectivity index (χ4n) is 2.90. The van der Waals surface area contributed by atoms with E-state index in [0.717, 1.165) is 25.9 Å². The first-order chi connectivity index (χ1) is 13.6. The van der Waals surface area contributed by atoms with Crippen molar-refractivity contribution in [2.45, 2.75) is 17.9 Å². The van der Waals surface area contributed by atoms with E-state index in [9.17, 15) is 14.4 Å². The Balaban J connectivity index is 1.55. The molecule has 0 bridgehead atoms. The molecule has 0 unspecified atom stereocenters. The molecule has 1 aliphatic heterocycles. The van der Waals surface area contributed by atoms with E-state index in [4.69, 9.17) is 4.74 Å². The third-order valence-electron chi connectivity index (χ3n) is 4.33. The highest BCUT2D eigenvalue weighted by atomic mass is 32.2. The molecule has 2 heterocycles. The number of para-hydroxylation sites is 1. The SMILES string of the molecule is COC(=O)c1ccccc1NC(=O)CSc1ccc(C(=O)N2CCCC2)cn1. The van der Waals surface area contributed by atoms with E-state index in [0.29, 0.717) is 21.8 Å². The summed E-state index contributed by atoms with van der Waals surface area (Å²) < 4.78 is 4.72. The molecule has 0 radical (unpaired) electrons. The van der Waals surface area contributed by atoms with Crippen molar-refractivity contribution in [3.8, 4) is 0 Å². The average Bonchev–Trinajstić information content (AvgIpc) is 3.27. The van der Waals surface area contributed by atoms with Crippen LogP contribution in [0.5, 0.6) is 0 Å². The van der Waals surface area contributed by atoms with Crippen molar-refractivity contribution in [1.82, 2.24) is 9.88 Å². The number of thioether (sulfide) groups is 1. The van der Waals surface area contributed by atoms with E-state index in [1.165, 1.54) is 18.9 Å². The van der Waals surface area contributed by atoms with Crippen LogP contribution in [0.25, 0.3) is 0 Å². The molecule has 1 fully saturated rings. The highest BCUT2D eigenvalue weighted by molar-refractivity contribution is 7.99. The predicted molar refractivity (Wildman–Crippen MR) is 107 cm³/mol. The maximum atomic E-state index is 12.3. The summed E-state index contributed by atoms with van der Waals surface area (Å²) in [5, 5.41) is 3.36.